The molecule has 0 aliphatic carbocycles. The molecule has 2 aromatic carbocycles. The summed E-state index contributed by atoms with van der Waals surface area (Å²) in [5, 5.41) is 8.32. The van der Waals surface area contributed by atoms with Gasteiger partial charge in [-0.05, 0) is 80.6 Å². The first-order chi connectivity index (χ1) is 20.9. The molecule has 0 spiro atoms. The third-order valence-corrected chi connectivity index (χ3v) is 5.37. The van der Waals surface area contributed by atoms with Crippen LogP contribution in [-0.4, -0.2) is 50.7 Å². The van der Waals surface area contributed by atoms with Crippen molar-refractivity contribution in [2.45, 2.75) is 58.8 Å². The summed E-state index contributed by atoms with van der Waals surface area (Å²) in [5.74, 6) is -0.548. The largest absolute Gasteiger partial charge is 0.543 e. The molecule has 14 heteroatoms. The van der Waals surface area contributed by atoms with Gasteiger partial charge in [0.1, 0.15) is 11.5 Å². The highest BCUT2D eigenvalue weighted by Crippen LogP contribution is 2.15. The van der Waals surface area contributed by atoms with Crippen molar-refractivity contribution in [3.63, 3.8) is 0 Å². The predicted octanol–water partition coefficient (Wildman–Crippen LogP) is 6.23. The first kappa shape index (κ1) is 34.6. The Morgan fingerprint density at radius 2 is 0.884 bits per heavy atom. The fourth-order valence-corrected chi connectivity index (χ4v) is 3.03. The van der Waals surface area contributed by atoms with Crippen molar-refractivity contribution >= 4 is 24.2 Å². The minimum absolute atomic E-state index is 0.0367. The lowest BCUT2D eigenvalue weighted by atomic mass is 10.2. The zero-order valence-electron chi connectivity index (χ0n) is 24.1. The van der Waals surface area contributed by atoms with Crippen molar-refractivity contribution in [2.75, 3.05) is 26.4 Å². The highest BCUT2D eigenvalue weighted by atomic mass is 17.5. The Balaban J connectivity index is 1.44. The van der Waals surface area contributed by atoms with Crippen LogP contribution in [0.3, 0.4) is 0 Å². The molecule has 0 N–H and O–H groups in total. The molecule has 236 valence electrons. The molecule has 0 saturated carbocycles. The van der Waals surface area contributed by atoms with Crippen LogP contribution in [-0.2, 0) is 39.1 Å². The number of hydrogen-bond acceptors (Lipinski definition) is 14. The number of unbranched alkanes of at least 4 members (excludes halogenated alkanes) is 4. The lowest BCUT2D eigenvalue weighted by Gasteiger charge is -2.07. The van der Waals surface area contributed by atoms with E-state index in [4.69, 9.17) is 18.9 Å². The van der Waals surface area contributed by atoms with Crippen molar-refractivity contribution in [1.29, 1.82) is 0 Å². The predicted molar refractivity (Wildman–Crippen MR) is 145 cm³/mol. The Morgan fingerprint density at radius 1 is 0.488 bits per heavy atom. The summed E-state index contributed by atoms with van der Waals surface area (Å²) >= 11 is 0. The Labute approximate surface area is 248 Å². The van der Waals surface area contributed by atoms with Gasteiger partial charge in [-0.3, -0.25) is 9.78 Å². The van der Waals surface area contributed by atoms with Gasteiger partial charge >= 0.3 is 24.2 Å². The number of ether oxygens (including phenoxy) is 4. The first-order valence-corrected chi connectivity index (χ1v) is 13.8. The molecule has 43 heavy (non-hydrogen) atoms. The van der Waals surface area contributed by atoms with E-state index in [1.807, 2.05) is 0 Å². The summed E-state index contributed by atoms with van der Waals surface area (Å²) in [6.45, 7) is 5.18. The lowest BCUT2D eigenvalue weighted by Crippen LogP contribution is -2.13. The quantitative estimate of drug-likeness (QED) is 0.0720. The molecule has 0 heterocycles. The van der Waals surface area contributed by atoms with E-state index in [-0.39, 0.29) is 24.3 Å². The van der Waals surface area contributed by atoms with Crippen molar-refractivity contribution in [2.24, 2.45) is 0 Å². The molecule has 2 aromatic rings. The summed E-state index contributed by atoms with van der Waals surface area (Å²) < 4.78 is 20.5. The molecular formula is C29H36O14. The van der Waals surface area contributed by atoms with Gasteiger partial charge in [-0.15, -0.1) is 0 Å². The van der Waals surface area contributed by atoms with Gasteiger partial charge in [-0.25, -0.2) is 29.0 Å². The maximum atomic E-state index is 11.9. The maximum absolute atomic E-state index is 11.9. The monoisotopic (exact) mass is 608 g/mol. The number of rotatable bonds is 20. The average molecular weight is 609 g/mol. The van der Waals surface area contributed by atoms with Gasteiger partial charge in [0.05, 0.1) is 47.6 Å². The summed E-state index contributed by atoms with van der Waals surface area (Å²) in [6, 6.07) is 12.3. The Morgan fingerprint density at radius 3 is 1.26 bits per heavy atom. The van der Waals surface area contributed by atoms with E-state index < -0.39 is 24.2 Å². The molecule has 2 rings (SSSR count). The molecule has 14 nitrogen and oxygen atoms in total. The van der Waals surface area contributed by atoms with Crippen molar-refractivity contribution in [3.8, 4) is 11.5 Å². The van der Waals surface area contributed by atoms with E-state index in [0.717, 1.165) is 25.7 Å². The lowest BCUT2D eigenvalue weighted by molar-refractivity contribution is -0.452. The molecule has 0 bridgehead atoms. The van der Waals surface area contributed by atoms with E-state index in [2.05, 4.69) is 43.5 Å². The SMILES string of the molecule is CCCCOc1ccc(C(=O)OOOC(=O)OCCCCCOC(=O)OOOC(=O)c2ccc(OCCCC)cc2)cc1. The Kier molecular flexibility index (Phi) is 17.1. The van der Waals surface area contributed by atoms with Crippen LogP contribution in [0.25, 0.3) is 0 Å². The zero-order valence-corrected chi connectivity index (χ0v) is 24.1. The third-order valence-electron chi connectivity index (χ3n) is 5.37. The van der Waals surface area contributed by atoms with E-state index in [1.165, 1.54) is 24.3 Å². The molecule has 0 unspecified atom stereocenters. The summed E-state index contributed by atoms with van der Waals surface area (Å²) in [5.41, 5.74) is 0.320. The third kappa shape index (κ3) is 15.3. The first-order valence-electron chi connectivity index (χ1n) is 13.8. The van der Waals surface area contributed by atoms with Crippen molar-refractivity contribution < 1.29 is 67.8 Å². The highest BCUT2D eigenvalue weighted by molar-refractivity contribution is 5.89. The molecule has 0 fully saturated rings. The smallest absolute Gasteiger partial charge is 0.494 e. The number of benzene rings is 2. The van der Waals surface area contributed by atoms with E-state index >= 15 is 0 Å². The van der Waals surface area contributed by atoms with Gasteiger partial charge in [0.15, 0.2) is 0 Å². The van der Waals surface area contributed by atoms with Crippen molar-refractivity contribution in [1.82, 2.24) is 0 Å². The number of carbonyl (C=O) groups excluding carboxylic acids is 4. The van der Waals surface area contributed by atoms with Gasteiger partial charge in [-0.2, -0.15) is 0 Å². The van der Waals surface area contributed by atoms with Gasteiger partial charge in [0.25, 0.3) is 0 Å². The fourth-order valence-electron chi connectivity index (χ4n) is 3.03. The molecule has 0 aliphatic heterocycles. The van der Waals surface area contributed by atoms with Gasteiger partial charge in [0.2, 0.25) is 0 Å². The number of carbonyl (C=O) groups is 4. The maximum Gasteiger partial charge on any atom is 0.543 e. The van der Waals surface area contributed by atoms with Crippen LogP contribution in [0.15, 0.2) is 48.5 Å². The van der Waals surface area contributed by atoms with Crippen LogP contribution in [0.5, 0.6) is 11.5 Å². The molecule has 0 amide bonds. The number of hydrogen-bond donors (Lipinski definition) is 0. The van der Waals surface area contributed by atoms with Crippen LogP contribution in [0.4, 0.5) is 9.59 Å². The Hall–Kier alpha value is -4.56. The zero-order chi connectivity index (χ0) is 31.1. The molecule has 0 aliphatic rings. The van der Waals surface area contributed by atoms with Gasteiger partial charge in [-0.1, -0.05) is 26.7 Å². The normalized spacial score (nSPS) is 10.3. The van der Waals surface area contributed by atoms with Crippen molar-refractivity contribution in [3.05, 3.63) is 59.7 Å². The molecular weight excluding hydrogens is 572 g/mol. The molecule has 0 atom stereocenters. The van der Waals surface area contributed by atoms with Crippen LogP contribution in [0.2, 0.25) is 0 Å². The summed E-state index contributed by atoms with van der Waals surface area (Å²) in [6.07, 6.45) is 2.72. The molecule has 0 saturated heterocycles. The average Bonchev–Trinajstić information content (AvgIpc) is 3.01. The second-order valence-corrected chi connectivity index (χ2v) is 8.75. The fraction of sp³-hybridized carbons (Fsp3) is 0.448. The van der Waals surface area contributed by atoms with Crippen LogP contribution in [0.1, 0.15) is 79.5 Å². The summed E-state index contributed by atoms with van der Waals surface area (Å²) in [7, 11) is 0. The summed E-state index contributed by atoms with van der Waals surface area (Å²) in [4.78, 5) is 64.0. The van der Waals surface area contributed by atoms with Crippen LogP contribution in [0, 0.1) is 0 Å². The van der Waals surface area contributed by atoms with E-state index in [9.17, 15) is 19.2 Å². The minimum atomic E-state index is -1.21. The van der Waals surface area contributed by atoms with Gasteiger partial charge in [0, 0.05) is 0 Å². The standard InChI is InChI=1S/C29H36O14/c1-3-5-18-34-24-14-10-22(11-15-24)26(30)38-42-40-28(32)36-20-8-7-9-21-37-29(33)41-43-39-27(31)23-12-16-25(17-13-23)35-19-6-4-2/h10-17H,3-9,18-21H2,1-2H3. The molecule has 0 aromatic heterocycles. The van der Waals surface area contributed by atoms with Crippen LogP contribution >= 0.6 is 0 Å². The Bertz CT molecular complexity index is 1010. The topological polar surface area (TPSA) is 161 Å². The highest BCUT2D eigenvalue weighted by Gasteiger charge is 2.14. The van der Waals surface area contributed by atoms with Crippen LogP contribution < -0.4 is 9.47 Å². The van der Waals surface area contributed by atoms with E-state index in [0.29, 0.717) is 44.0 Å². The molecule has 0 radical (unpaired) electrons. The second kappa shape index (κ2) is 21.2. The van der Waals surface area contributed by atoms with Gasteiger partial charge < -0.3 is 18.9 Å². The minimum Gasteiger partial charge on any atom is -0.494 e. The second-order valence-electron chi connectivity index (χ2n) is 8.75. The van der Waals surface area contributed by atoms with E-state index in [1.54, 1.807) is 24.3 Å².